The number of cyclic esters (lactones) is 1. The molecule has 0 spiro atoms. The maximum absolute atomic E-state index is 11.8. The van der Waals surface area contributed by atoms with Gasteiger partial charge in [-0.1, -0.05) is 57.4 Å². The Morgan fingerprint density at radius 1 is 1.10 bits per heavy atom. The van der Waals surface area contributed by atoms with Crippen LogP contribution in [0.15, 0.2) is 24.3 Å². The van der Waals surface area contributed by atoms with Crippen LogP contribution in [0.1, 0.15) is 69.4 Å². The first-order chi connectivity index (χ1) is 10.1. The first-order valence-corrected chi connectivity index (χ1v) is 8.38. The molecule has 2 nitrogen and oxygen atoms in total. The molecule has 0 amide bonds. The van der Waals surface area contributed by atoms with Crippen molar-refractivity contribution in [2.45, 2.75) is 63.7 Å². The Morgan fingerprint density at radius 2 is 1.76 bits per heavy atom. The fourth-order valence-corrected chi connectivity index (χ4v) is 4.11. The van der Waals surface area contributed by atoms with Crippen LogP contribution in [0.2, 0.25) is 0 Å². The van der Waals surface area contributed by atoms with Gasteiger partial charge in [-0.25, -0.2) is 0 Å². The van der Waals surface area contributed by atoms with Crippen molar-refractivity contribution in [2.24, 2.45) is 5.92 Å². The van der Waals surface area contributed by atoms with Gasteiger partial charge in [0.15, 0.2) is 0 Å². The fourth-order valence-electron chi connectivity index (χ4n) is 4.11. The highest BCUT2D eigenvalue weighted by Crippen LogP contribution is 2.46. The standard InChI is InChI=1S/C19H26O2/c1-14(2)15-8-10-17(11-9-15)19(12-18(20)21-13-19)16-6-4-3-5-7-16/h8-11,14,16H,3-7,12-13H2,1-2H3/t19-/m1/s1. The smallest absolute Gasteiger partial charge is 0.306 e. The molecule has 1 saturated carbocycles. The maximum Gasteiger partial charge on any atom is 0.306 e. The highest BCUT2D eigenvalue weighted by molar-refractivity contribution is 5.74. The second-order valence-corrected chi connectivity index (χ2v) is 7.11. The van der Waals surface area contributed by atoms with E-state index in [1.165, 1.54) is 43.2 Å². The highest BCUT2D eigenvalue weighted by Gasteiger charge is 2.47. The molecular formula is C19H26O2. The summed E-state index contributed by atoms with van der Waals surface area (Å²) in [4.78, 5) is 11.8. The van der Waals surface area contributed by atoms with Crippen LogP contribution in [0.3, 0.4) is 0 Å². The van der Waals surface area contributed by atoms with Crippen molar-refractivity contribution in [1.82, 2.24) is 0 Å². The second kappa shape index (κ2) is 5.82. The molecule has 0 bridgehead atoms. The lowest BCUT2D eigenvalue weighted by atomic mass is 9.64. The molecule has 0 N–H and O–H groups in total. The summed E-state index contributed by atoms with van der Waals surface area (Å²) in [5, 5.41) is 0. The van der Waals surface area contributed by atoms with Crippen LogP contribution >= 0.6 is 0 Å². The van der Waals surface area contributed by atoms with Crippen molar-refractivity contribution in [3.05, 3.63) is 35.4 Å². The Labute approximate surface area is 127 Å². The van der Waals surface area contributed by atoms with Crippen LogP contribution in [0.5, 0.6) is 0 Å². The third-order valence-electron chi connectivity index (χ3n) is 5.49. The molecule has 0 aromatic heterocycles. The summed E-state index contributed by atoms with van der Waals surface area (Å²) in [6, 6.07) is 8.94. The number of esters is 1. The first kappa shape index (κ1) is 14.6. The molecule has 2 aliphatic rings. The molecule has 1 aliphatic carbocycles. The Morgan fingerprint density at radius 3 is 2.29 bits per heavy atom. The average Bonchev–Trinajstić information content (AvgIpc) is 2.91. The number of benzene rings is 1. The van der Waals surface area contributed by atoms with Gasteiger partial charge in [-0.05, 0) is 35.8 Å². The van der Waals surface area contributed by atoms with Gasteiger partial charge in [0.1, 0.15) is 6.61 Å². The molecule has 2 fully saturated rings. The van der Waals surface area contributed by atoms with Gasteiger partial charge in [0.05, 0.1) is 6.42 Å². The first-order valence-electron chi connectivity index (χ1n) is 8.38. The van der Waals surface area contributed by atoms with Crippen LogP contribution in [-0.4, -0.2) is 12.6 Å². The van der Waals surface area contributed by atoms with Crippen molar-refractivity contribution in [3.8, 4) is 0 Å². The van der Waals surface area contributed by atoms with Crippen molar-refractivity contribution >= 4 is 5.97 Å². The molecule has 2 heteroatoms. The van der Waals surface area contributed by atoms with Gasteiger partial charge in [-0.2, -0.15) is 0 Å². The van der Waals surface area contributed by atoms with Crippen LogP contribution in [-0.2, 0) is 14.9 Å². The molecule has 1 saturated heterocycles. The molecule has 1 heterocycles. The number of rotatable bonds is 3. The second-order valence-electron chi connectivity index (χ2n) is 7.11. The summed E-state index contributed by atoms with van der Waals surface area (Å²) in [5.74, 6) is 1.13. The van der Waals surface area contributed by atoms with Gasteiger partial charge in [0.2, 0.25) is 0 Å². The number of hydrogen-bond donors (Lipinski definition) is 0. The van der Waals surface area contributed by atoms with Gasteiger partial charge >= 0.3 is 5.97 Å². The molecule has 1 atom stereocenters. The number of carbonyl (C=O) groups excluding carboxylic acids is 1. The molecule has 0 radical (unpaired) electrons. The van der Waals surface area contributed by atoms with E-state index in [0.717, 1.165) is 0 Å². The van der Waals surface area contributed by atoms with Gasteiger partial charge in [0.25, 0.3) is 0 Å². The summed E-state index contributed by atoms with van der Waals surface area (Å²) >= 11 is 0. The molecule has 21 heavy (non-hydrogen) atoms. The summed E-state index contributed by atoms with van der Waals surface area (Å²) < 4.78 is 5.42. The van der Waals surface area contributed by atoms with E-state index in [9.17, 15) is 4.79 Å². The third-order valence-corrected chi connectivity index (χ3v) is 5.49. The topological polar surface area (TPSA) is 26.3 Å². The lowest BCUT2D eigenvalue weighted by Crippen LogP contribution is -2.37. The third kappa shape index (κ3) is 2.73. The van der Waals surface area contributed by atoms with Crippen molar-refractivity contribution in [3.63, 3.8) is 0 Å². The van der Waals surface area contributed by atoms with Gasteiger partial charge < -0.3 is 4.74 Å². The lowest BCUT2D eigenvalue weighted by Gasteiger charge is -2.38. The van der Waals surface area contributed by atoms with Crippen molar-refractivity contribution in [2.75, 3.05) is 6.61 Å². The summed E-state index contributed by atoms with van der Waals surface area (Å²) in [6.45, 7) is 5.01. The van der Waals surface area contributed by atoms with Gasteiger partial charge in [0, 0.05) is 5.41 Å². The molecule has 1 aromatic rings. The predicted molar refractivity (Wildman–Crippen MR) is 84.4 cm³/mol. The van der Waals surface area contributed by atoms with E-state index in [0.29, 0.717) is 24.9 Å². The monoisotopic (exact) mass is 286 g/mol. The number of ether oxygens (including phenoxy) is 1. The van der Waals surface area contributed by atoms with Crippen LogP contribution in [0.25, 0.3) is 0 Å². The van der Waals surface area contributed by atoms with E-state index in [2.05, 4.69) is 38.1 Å². The number of carbonyl (C=O) groups is 1. The quantitative estimate of drug-likeness (QED) is 0.760. The minimum Gasteiger partial charge on any atom is -0.465 e. The Balaban J connectivity index is 1.93. The van der Waals surface area contributed by atoms with Gasteiger partial charge in [-0.15, -0.1) is 0 Å². The molecule has 3 rings (SSSR count). The summed E-state index contributed by atoms with van der Waals surface area (Å²) in [5.41, 5.74) is 2.61. The van der Waals surface area contributed by atoms with Crippen LogP contribution < -0.4 is 0 Å². The predicted octanol–water partition coefficient (Wildman–Crippen LogP) is 4.58. The van der Waals surface area contributed by atoms with E-state index in [1.54, 1.807) is 0 Å². The zero-order chi connectivity index (χ0) is 14.9. The largest absolute Gasteiger partial charge is 0.465 e. The lowest BCUT2D eigenvalue weighted by molar-refractivity contribution is -0.137. The van der Waals surface area contributed by atoms with E-state index in [4.69, 9.17) is 4.74 Å². The summed E-state index contributed by atoms with van der Waals surface area (Å²) in [6.07, 6.45) is 6.98. The Hall–Kier alpha value is -1.31. The Bertz CT molecular complexity index is 497. The van der Waals surface area contributed by atoms with Crippen LogP contribution in [0.4, 0.5) is 0 Å². The molecule has 0 unspecified atom stereocenters. The SMILES string of the molecule is CC(C)c1ccc([C@@]2(C3CCCCC3)COC(=O)C2)cc1. The van der Waals surface area contributed by atoms with Gasteiger partial charge in [-0.3, -0.25) is 4.79 Å². The average molecular weight is 286 g/mol. The minimum absolute atomic E-state index is 0.0199. The Kier molecular flexibility index (Phi) is 4.05. The molecule has 1 aliphatic heterocycles. The van der Waals surface area contributed by atoms with E-state index in [-0.39, 0.29) is 11.4 Å². The van der Waals surface area contributed by atoms with E-state index in [1.807, 2.05) is 0 Å². The molecule has 114 valence electrons. The number of hydrogen-bond acceptors (Lipinski definition) is 2. The zero-order valence-electron chi connectivity index (χ0n) is 13.2. The van der Waals surface area contributed by atoms with E-state index >= 15 is 0 Å². The zero-order valence-corrected chi connectivity index (χ0v) is 13.2. The normalized spacial score (nSPS) is 27.1. The van der Waals surface area contributed by atoms with Crippen LogP contribution in [0, 0.1) is 5.92 Å². The molecule has 1 aromatic carbocycles. The maximum atomic E-state index is 11.8. The fraction of sp³-hybridized carbons (Fsp3) is 0.632. The minimum atomic E-state index is -0.0625. The highest BCUT2D eigenvalue weighted by atomic mass is 16.5. The summed E-state index contributed by atoms with van der Waals surface area (Å²) in [7, 11) is 0. The molecular weight excluding hydrogens is 260 g/mol. The van der Waals surface area contributed by atoms with E-state index < -0.39 is 0 Å². The van der Waals surface area contributed by atoms with Crippen molar-refractivity contribution < 1.29 is 9.53 Å². The van der Waals surface area contributed by atoms with Crippen molar-refractivity contribution in [1.29, 1.82) is 0 Å².